The zero-order valence-electron chi connectivity index (χ0n) is 16.4. The average molecular weight is 462 g/mol. The van der Waals surface area contributed by atoms with Crippen LogP contribution < -0.4 is 19.4 Å². The summed E-state index contributed by atoms with van der Waals surface area (Å²) in [5.41, 5.74) is -5.90. The standard InChI is InChI=1S/C18H17F3N2O7S/c1-9(2)22-7-10-4-16(30-31(27,28)18(19,20)21)15(29-3)5-11(10)13-6-14(24)12(17(25)26)8-23(13)22/h4-6,8-9H,7H2,1-3H3,(H,25,26). The van der Waals surface area contributed by atoms with E-state index in [4.69, 9.17) is 4.74 Å². The van der Waals surface area contributed by atoms with Crippen LogP contribution >= 0.6 is 0 Å². The fourth-order valence-corrected chi connectivity index (χ4v) is 3.60. The molecule has 168 valence electrons. The molecule has 0 radical (unpaired) electrons. The van der Waals surface area contributed by atoms with Crippen molar-refractivity contribution in [3.63, 3.8) is 0 Å². The van der Waals surface area contributed by atoms with Gasteiger partial charge < -0.3 is 19.0 Å². The van der Waals surface area contributed by atoms with Crippen molar-refractivity contribution in [1.82, 2.24) is 4.68 Å². The summed E-state index contributed by atoms with van der Waals surface area (Å²) < 4.78 is 71.9. The van der Waals surface area contributed by atoms with Gasteiger partial charge in [-0.15, -0.1) is 0 Å². The smallest absolute Gasteiger partial charge is 0.493 e. The molecule has 0 atom stereocenters. The number of ether oxygens (including phenoxy) is 1. The van der Waals surface area contributed by atoms with E-state index in [9.17, 15) is 36.3 Å². The number of alkyl halides is 3. The summed E-state index contributed by atoms with van der Waals surface area (Å²) >= 11 is 0. The number of halogens is 3. The van der Waals surface area contributed by atoms with Crippen molar-refractivity contribution < 1.29 is 40.4 Å². The number of aromatic nitrogens is 1. The number of pyridine rings is 1. The van der Waals surface area contributed by atoms with E-state index < -0.39 is 38.3 Å². The van der Waals surface area contributed by atoms with Crippen molar-refractivity contribution >= 4 is 16.1 Å². The summed E-state index contributed by atoms with van der Waals surface area (Å²) in [6.45, 7) is 3.62. The van der Waals surface area contributed by atoms with Crippen LogP contribution in [0.25, 0.3) is 11.3 Å². The molecule has 0 unspecified atom stereocenters. The molecule has 0 bridgehead atoms. The summed E-state index contributed by atoms with van der Waals surface area (Å²) in [6, 6.07) is 3.19. The van der Waals surface area contributed by atoms with Crippen molar-refractivity contribution in [3.05, 3.63) is 45.7 Å². The lowest BCUT2D eigenvalue weighted by Crippen LogP contribution is -2.44. The Morgan fingerprint density at radius 2 is 1.84 bits per heavy atom. The number of benzene rings is 1. The molecule has 31 heavy (non-hydrogen) atoms. The number of methoxy groups -OCH3 is 1. The average Bonchev–Trinajstić information content (AvgIpc) is 2.64. The van der Waals surface area contributed by atoms with Crippen LogP contribution in [0.5, 0.6) is 11.5 Å². The van der Waals surface area contributed by atoms with E-state index >= 15 is 0 Å². The van der Waals surface area contributed by atoms with E-state index in [-0.39, 0.29) is 24.0 Å². The number of carboxylic acids is 1. The third-order valence-corrected chi connectivity index (χ3v) is 5.58. The third kappa shape index (κ3) is 3.92. The SMILES string of the molecule is COc1cc2c(cc1OS(=O)(=O)C(F)(F)F)CN(C(C)C)n1cc(C(=O)O)c(=O)cc1-2. The second-order valence-electron chi connectivity index (χ2n) is 6.92. The quantitative estimate of drug-likeness (QED) is 0.532. The van der Waals surface area contributed by atoms with Crippen molar-refractivity contribution in [3.8, 4) is 22.8 Å². The molecule has 9 nitrogen and oxygen atoms in total. The van der Waals surface area contributed by atoms with Gasteiger partial charge in [0.25, 0.3) is 0 Å². The van der Waals surface area contributed by atoms with E-state index in [0.717, 1.165) is 25.4 Å². The van der Waals surface area contributed by atoms with Gasteiger partial charge in [0, 0.05) is 23.9 Å². The molecule has 0 saturated carbocycles. The maximum atomic E-state index is 12.8. The Morgan fingerprint density at radius 3 is 2.35 bits per heavy atom. The Kier molecular flexibility index (Phi) is 5.42. The van der Waals surface area contributed by atoms with Gasteiger partial charge in [0.1, 0.15) is 5.56 Å². The van der Waals surface area contributed by atoms with Gasteiger partial charge in [-0.05, 0) is 31.5 Å². The minimum Gasteiger partial charge on any atom is -0.493 e. The first-order chi connectivity index (χ1) is 14.3. The first-order valence-electron chi connectivity index (χ1n) is 8.75. The van der Waals surface area contributed by atoms with Crippen LogP contribution in [0.15, 0.2) is 29.2 Å². The molecule has 0 aliphatic carbocycles. The highest BCUT2D eigenvalue weighted by Gasteiger charge is 2.49. The predicted octanol–water partition coefficient (Wildman–Crippen LogP) is 2.31. The number of fused-ring (bicyclic) bond motifs is 3. The van der Waals surface area contributed by atoms with E-state index in [1.54, 1.807) is 18.9 Å². The number of hydrogen-bond donors (Lipinski definition) is 1. The van der Waals surface area contributed by atoms with Gasteiger partial charge in [-0.2, -0.15) is 21.6 Å². The van der Waals surface area contributed by atoms with Gasteiger partial charge in [-0.25, -0.2) is 4.79 Å². The van der Waals surface area contributed by atoms with E-state index in [1.807, 2.05) is 0 Å². The van der Waals surface area contributed by atoms with Crippen LogP contribution in [-0.4, -0.2) is 42.8 Å². The van der Waals surface area contributed by atoms with E-state index in [1.165, 1.54) is 10.7 Å². The second kappa shape index (κ2) is 7.48. The molecule has 0 spiro atoms. The van der Waals surface area contributed by atoms with Crippen molar-refractivity contribution in [1.29, 1.82) is 0 Å². The Hall–Kier alpha value is -3.22. The van der Waals surface area contributed by atoms with Crippen LogP contribution in [0.3, 0.4) is 0 Å². The van der Waals surface area contributed by atoms with Crippen molar-refractivity contribution in [2.45, 2.75) is 31.9 Å². The van der Waals surface area contributed by atoms with Crippen LogP contribution in [0.4, 0.5) is 13.2 Å². The number of carboxylic acid groups (broad SMARTS) is 1. The number of aromatic carboxylic acids is 1. The largest absolute Gasteiger partial charge is 0.534 e. The van der Waals surface area contributed by atoms with Gasteiger partial charge in [-0.1, -0.05) is 0 Å². The Morgan fingerprint density at radius 1 is 1.19 bits per heavy atom. The molecule has 0 amide bonds. The molecular weight excluding hydrogens is 445 g/mol. The normalized spacial score (nSPS) is 13.6. The maximum absolute atomic E-state index is 12.8. The molecule has 1 aromatic heterocycles. The molecule has 1 aliphatic rings. The van der Waals surface area contributed by atoms with E-state index in [2.05, 4.69) is 4.18 Å². The van der Waals surface area contributed by atoms with Crippen LogP contribution in [-0.2, 0) is 16.7 Å². The Balaban J connectivity index is 2.24. The molecule has 2 heterocycles. The monoisotopic (exact) mass is 462 g/mol. The lowest BCUT2D eigenvalue weighted by Gasteiger charge is -2.38. The topological polar surface area (TPSA) is 115 Å². The second-order valence-corrected chi connectivity index (χ2v) is 8.46. The Bertz CT molecular complexity index is 1220. The van der Waals surface area contributed by atoms with Crippen molar-refractivity contribution in [2.75, 3.05) is 12.1 Å². The lowest BCUT2D eigenvalue weighted by atomic mass is 9.99. The number of hydrogen-bond acceptors (Lipinski definition) is 7. The highest BCUT2D eigenvalue weighted by Crippen LogP contribution is 2.40. The predicted molar refractivity (Wildman–Crippen MR) is 102 cm³/mol. The summed E-state index contributed by atoms with van der Waals surface area (Å²) in [4.78, 5) is 23.6. The first-order valence-corrected chi connectivity index (χ1v) is 10.2. The molecule has 0 fully saturated rings. The van der Waals surface area contributed by atoms with Gasteiger partial charge in [0.15, 0.2) is 16.9 Å². The van der Waals surface area contributed by atoms with E-state index in [0.29, 0.717) is 11.1 Å². The van der Waals surface area contributed by atoms with Crippen LogP contribution in [0.1, 0.15) is 29.8 Å². The van der Waals surface area contributed by atoms with Gasteiger partial charge in [-0.3, -0.25) is 9.47 Å². The molecular formula is C18H17F3N2O7S. The first kappa shape index (κ1) is 22.5. The number of rotatable bonds is 5. The molecule has 1 aliphatic heterocycles. The van der Waals surface area contributed by atoms with Gasteiger partial charge in [0.2, 0.25) is 0 Å². The maximum Gasteiger partial charge on any atom is 0.534 e. The van der Waals surface area contributed by atoms with Gasteiger partial charge in [0.05, 0.1) is 19.3 Å². The lowest BCUT2D eigenvalue weighted by molar-refractivity contribution is -0.0500. The zero-order chi connectivity index (χ0) is 23.3. The molecule has 1 aromatic carbocycles. The molecule has 2 aromatic rings. The number of nitrogens with zero attached hydrogens (tertiary/aromatic N) is 2. The van der Waals surface area contributed by atoms with Crippen LogP contribution in [0, 0.1) is 0 Å². The molecule has 13 heteroatoms. The molecule has 1 N–H and O–H groups in total. The van der Waals surface area contributed by atoms with Crippen LogP contribution in [0.2, 0.25) is 0 Å². The Labute approximate surface area is 174 Å². The third-order valence-electron chi connectivity index (χ3n) is 4.62. The zero-order valence-corrected chi connectivity index (χ0v) is 17.2. The fourth-order valence-electron chi connectivity index (χ4n) is 3.14. The summed E-state index contributed by atoms with van der Waals surface area (Å²) in [6.07, 6.45) is 1.16. The number of carbonyl (C=O) groups is 1. The van der Waals surface area contributed by atoms with Crippen molar-refractivity contribution in [2.24, 2.45) is 0 Å². The molecule has 0 saturated heterocycles. The molecule has 3 rings (SSSR count). The summed E-state index contributed by atoms with van der Waals surface area (Å²) in [5, 5.41) is 10.9. The highest BCUT2D eigenvalue weighted by atomic mass is 32.2. The minimum absolute atomic E-state index is 0.0638. The minimum atomic E-state index is -5.94. The highest BCUT2D eigenvalue weighted by molar-refractivity contribution is 7.88. The van der Waals surface area contributed by atoms with Gasteiger partial charge >= 0.3 is 21.6 Å². The summed E-state index contributed by atoms with van der Waals surface area (Å²) in [5.74, 6) is -2.39. The fraction of sp³-hybridized carbons (Fsp3) is 0.333. The summed E-state index contributed by atoms with van der Waals surface area (Å²) in [7, 11) is -4.83.